The van der Waals surface area contributed by atoms with Crippen molar-refractivity contribution in [3.63, 3.8) is 0 Å². The van der Waals surface area contributed by atoms with Crippen LogP contribution in [0.25, 0.3) is 5.69 Å². The van der Waals surface area contributed by atoms with Gasteiger partial charge in [0, 0.05) is 6.42 Å². The summed E-state index contributed by atoms with van der Waals surface area (Å²) in [6, 6.07) is 9.82. The van der Waals surface area contributed by atoms with Gasteiger partial charge in [0.1, 0.15) is 18.0 Å². The van der Waals surface area contributed by atoms with Crippen LogP contribution < -0.4 is 14.2 Å². The summed E-state index contributed by atoms with van der Waals surface area (Å²) in [5.41, 5.74) is 1.66. The van der Waals surface area contributed by atoms with E-state index in [9.17, 15) is 4.39 Å². The lowest BCUT2D eigenvalue weighted by atomic mass is 10.1. The number of hydrogen-bond acceptors (Lipinski definition) is 5. The van der Waals surface area contributed by atoms with Gasteiger partial charge >= 0.3 is 0 Å². The van der Waals surface area contributed by atoms with Crippen LogP contribution in [-0.2, 0) is 6.42 Å². The lowest BCUT2D eigenvalue weighted by Gasteiger charge is -2.14. The quantitative estimate of drug-likeness (QED) is 0.689. The lowest BCUT2D eigenvalue weighted by Crippen LogP contribution is -2.05. The van der Waals surface area contributed by atoms with Crippen molar-refractivity contribution in [2.45, 2.75) is 6.42 Å². The molecule has 0 aliphatic carbocycles. The third-order valence-electron chi connectivity index (χ3n) is 3.78. The van der Waals surface area contributed by atoms with Crippen LogP contribution in [0, 0.1) is 5.82 Å². The number of ether oxygens (including phenoxy) is 3. The van der Waals surface area contributed by atoms with Crippen molar-refractivity contribution in [3.05, 3.63) is 59.9 Å². The van der Waals surface area contributed by atoms with Gasteiger partial charge in [0.25, 0.3) is 0 Å². The first-order valence-electron chi connectivity index (χ1n) is 7.60. The molecular formula is C18H18FN3O3. The fraction of sp³-hybridized carbons (Fsp3) is 0.222. The molecule has 7 heteroatoms. The van der Waals surface area contributed by atoms with Crippen LogP contribution >= 0.6 is 0 Å². The van der Waals surface area contributed by atoms with Gasteiger partial charge in [0.2, 0.25) is 5.75 Å². The van der Waals surface area contributed by atoms with Gasteiger partial charge in [-0.05, 0) is 42.0 Å². The Morgan fingerprint density at radius 1 is 0.960 bits per heavy atom. The highest BCUT2D eigenvalue weighted by atomic mass is 19.1. The van der Waals surface area contributed by atoms with Crippen molar-refractivity contribution in [1.29, 1.82) is 0 Å². The highest BCUT2D eigenvalue weighted by Gasteiger charge is 2.15. The second-order valence-electron chi connectivity index (χ2n) is 5.27. The van der Waals surface area contributed by atoms with Gasteiger partial charge in [-0.1, -0.05) is 0 Å². The van der Waals surface area contributed by atoms with Crippen LogP contribution in [0.5, 0.6) is 17.2 Å². The van der Waals surface area contributed by atoms with Crippen molar-refractivity contribution in [1.82, 2.24) is 14.8 Å². The van der Waals surface area contributed by atoms with E-state index in [1.165, 1.54) is 18.5 Å². The molecule has 25 heavy (non-hydrogen) atoms. The van der Waals surface area contributed by atoms with E-state index in [1.807, 2.05) is 12.1 Å². The molecule has 0 atom stereocenters. The monoisotopic (exact) mass is 343 g/mol. The minimum absolute atomic E-state index is 0.296. The molecule has 130 valence electrons. The predicted molar refractivity (Wildman–Crippen MR) is 90.2 cm³/mol. The summed E-state index contributed by atoms with van der Waals surface area (Å²) < 4.78 is 30.9. The Balaban J connectivity index is 1.96. The summed E-state index contributed by atoms with van der Waals surface area (Å²) in [4.78, 5) is 4.31. The van der Waals surface area contributed by atoms with Crippen LogP contribution in [0.4, 0.5) is 4.39 Å². The lowest BCUT2D eigenvalue weighted by molar-refractivity contribution is 0.324. The van der Waals surface area contributed by atoms with Gasteiger partial charge in [-0.15, -0.1) is 0 Å². The van der Waals surface area contributed by atoms with E-state index in [-0.39, 0.29) is 5.82 Å². The molecule has 0 spiro atoms. The molecule has 0 aliphatic rings. The van der Waals surface area contributed by atoms with Crippen LogP contribution in [0.3, 0.4) is 0 Å². The van der Waals surface area contributed by atoms with Gasteiger partial charge in [-0.25, -0.2) is 14.1 Å². The predicted octanol–water partition coefficient (Wildman–Crippen LogP) is 3.02. The molecule has 6 nitrogen and oxygen atoms in total. The minimum Gasteiger partial charge on any atom is -0.493 e. The van der Waals surface area contributed by atoms with E-state index in [2.05, 4.69) is 10.1 Å². The average Bonchev–Trinajstić information content (AvgIpc) is 3.09. The molecule has 0 saturated carbocycles. The third kappa shape index (κ3) is 3.40. The maximum atomic E-state index is 13.1. The molecule has 2 aromatic carbocycles. The number of benzene rings is 2. The molecule has 1 heterocycles. The van der Waals surface area contributed by atoms with E-state index in [4.69, 9.17) is 14.2 Å². The fourth-order valence-electron chi connectivity index (χ4n) is 2.60. The van der Waals surface area contributed by atoms with Crippen molar-refractivity contribution in [2.75, 3.05) is 21.3 Å². The first-order valence-corrected chi connectivity index (χ1v) is 7.60. The van der Waals surface area contributed by atoms with Crippen molar-refractivity contribution >= 4 is 0 Å². The highest BCUT2D eigenvalue weighted by Crippen LogP contribution is 2.38. The van der Waals surface area contributed by atoms with Gasteiger partial charge in [-0.2, -0.15) is 5.10 Å². The van der Waals surface area contributed by atoms with Crippen molar-refractivity contribution in [2.24, 2.45) is 0 Å². The highest BCUT2D eigenvalue weighted by molar-refractivity contribution is 5.54. The molecule has 0 amide bonds. The van der Waals surface area contributed by atoms with Gasteiger partial charge in [0.05, 0.1) is 27.0 Å². The van der Waals surface area contributed by atoms with Gasteiger partial charge in [0.15, 0.2) is 11.5 Å². The number of nitrogens with zero attached hydrogens (tertiary/aromatic N) is 3. The van der Waals surface area contributed by atoms with E-state index in [1.54, 1.807) is 38.1 Å². The summed E-state index contributed by atoms with van der Waals surface area (Å²) in [7, 11) is 4.70. The first kappa shape index (κ1) is 16.8. The zero-order valence-corrected chi connectivity index (χ0v) is 14.2. The number of halogens is 1. The van der Waals surface area contributed by atoms with E-state index < -0.39 is 0 Å². The minimum atomic E-state index is -0.296. The Hall–Kier alpha value is -3.09. The Morgan fingerprint density at radius 3 is 2.16 bits per heavy atom. The zero-order valence-electron chi connectivity index (χ0n) is 14.2. The summed E-state index contributed by atoms with van der Waals surface area (Å²) >= 11 is 0. The molecule has 1 aromatic heterocycles. The van der Waals surface area contributed by atoms with E-state index in [0.717, 1.165) is 11.3 Å². The Morgan fingerprint density at radius 2 is 1.60 bits per heavy atom. The maximum Gasteiger partial charge on any atom is 0.203 e. The molecule has 0 fully saturated rings. The van der Waals surface area contributed by atoms with Crippen molar-refractivity contribution < 1.29 is 18.6 Å². The van der Waals surface area contributed by atoms with E-state index in [0.29, 0.717) is 29.5 Å². The van der Waals surface area contributed by atoms with Crippen LogP contribution in [0.2, 0.25) is 0 Å². The Kier molecular flexibility index (Phi) is 4.83. The maximum absolute atomic E-state index is 13.1. The zero-order chi connectivity index (χ0) is 17.8. The SMILES string of the molecule is COc1cc(Cc2ncnn2-c2ccc(F)cc2)cc(OC)c1OC. The van der Waals surface area contributed by atoms with E-state index >= 15 is 0 Å². The number of methoxy groups -OCH3 is 3. The second kappa shape index (κ2) is 7.21. The van der Waals surface area contributed by atoms with Crippen molar-refractivity contribution in [3.8, 4) is 22.9 Å². The second-order valence-corrected chi connectivity index (χ2v) is 5.27. The molecule has 0 radical (unpaired) electrons. The molecule has 0 saturated heterocycles. The summed E-state index contributed by atoms with van der Waals surface area (Å²) in [6.45, 7) is 0. The van der Waals surface area contributed by atoms with Crippen LogP contribution in [-0.4, -0.2) is 36.1 Å². The first-order chi connectivity index (χ1) is 12.2. The largest absolute Gasteiger partial charge is 0.493 e. The summed E-state index contributed by atoms with van der Waals surface area (Å²) in [5.74, 6) is 2.10. The third-order valence-corrected chi connectivity index (χ3v) is 3.78. The van der Waals surface area contributed by atoms with Gasteiger partial charge in [-0.3, -0.25) is 0 Å². The molecule has 0 N–H and O–H groups in total. The number of aromatic nitrogens is 3. The Labute approximate surface area is 144 Å². The average molecular weight is 343 g/mol. The number of hydrogen-bond donors (Lipinski definition) is 0. The summed E-state index contributed by atoms with van der Waals surface area (Å²) in [6.07, 6.45) is 1.96. The van der Waals surface area contributed by atoms with Crippen LogP contribution in [0.15, 0.2) is 42.7 Å². The molecule has 0 aliphatic heterocycles. The molecule has 0 unspecified atom stereocenters. The Bertz CT molecular complexity index is 837. The normalized spacial score (nSPS) is 10.6. The summed E-state index contributed by atoms with van der Waals surface area (Å²) in [5, 5.41) is 4.23. The smallest absolute Gasteiger partial charge is 0.203 e. The van der Waals surface area contributed by atoms with Gasteiger partial charge < -0.3 is 14.2 Å². The van der Waals surface area contributed by atoms with Crippen LogP contribution in [0.1, 0.15) is 11.4 Å². The fourth-order valence-corrected chi connectivity index (χ4v) is 2.60. The molecular weight excluding hydrogens is 325 g/mol. The number of rotatable bonds is 6. The standard InChI is InChI=1S/C18H18FN3O3/c1-23-15-8-12(9-16(24-2)18(15)25-3)10-17-20-11-21-22(17)14-6-4-13(19)5-7-14/h4-9,11H,10H2,1-3H3. The molecule has 3 aromatic rings. The molecule has 3 rings (SSSR count). The topological polar surface area (TPSA) is 58.4 Å². The molecule has 0 bridgehead atoms.